The molecule has 0 aliphatic carbocycles. The van der Waals surface area contributed by atoms with Gasteiger partial charge in [-0.2, -0.15) is 0 Å². The lowest BCUT2D eigenvalue weighted by molar-refractivity contribution is 1.60. The Morgan fingerprint density at radius 2 is 0.241 bits per heavy atom. The highest BCUT2D eigenvalue weighted by Gasteiger charge is 1.96. The van der Waals surface area contributed by atoms with Crippen LogP contribution in [0.1, 0.15) is 66.8 Å². The molecule has 0 radical (unpaired) electrons. The molecule has 0 N–H and O–H groups in total. The summed E-state index contributed by atoms with van der Waals surface area (Å²) in [6.45, 7) is 0. The monoisotopic (exact) mass is 690 g/mol. The number of benzene rings is 7. The van der Waals surface area contributed by atoms with Crippen LogP contribution in [0.5, 0.6) is 0 Å². The van der Waals surface area contributed by atoms with Crippen LogP contribution in [0.25, 0.3) is 72.9 Å². The molecule has 0 aliphatic heterocycles. The van der Waals surface area contributed by atoms with E-state index in [0.29, 0.717) is 0 Å². The van der Waals surface area contributed by atoms with E-state index in [1.54, 1.807) is 0 Å². The predicted molar refractivity (Wildman–Crippen MR) is 239 cm³/mol. The van der Waals surface area contributed by atoms with Crippen molar-refractivity contribution in [1.82, 2.24) is 0 Å². The molecule has 0 atom stereocenters. The van der Waals surface area contributed by atoms with E-state index < -0.39 is 0 Å². The van der Waals surface area contributed by atoms with Crippen molar-refractivity contribution in [3.05, 3.63) is 249 Å². The number of hydrogen-bond acceptors (Lipinski definition) is 0. The molecule has 0 saturated carbocycles. The molecule has 0 aromatic heterocycles. The summed E-state index contributed by atoms with van der Waals surface area (Å²) < 4.78 is 0. The minimum atomic E-state index is 1.17. The summed E-state index contributed by atoms with van der Waals surface area (Å²) in [6.07, 6.45) is 25.9. The van der Waals surface area contributed by atoms with Crippen LogP contribution in [0.3, 0.4) is 0 Å². The Morgan fingerprint density at radius 3 is 0.370 bits per heavy atom. The van der Waals surface area contributed by atoms with E-state index in [0.717, 1.165) is 0 Å². The maximum Gasteiger partial charge on any atom is -0.0256 e. The van der Waals surface area contributed by atoms with Crippen molar-refractivity contribution < 1.29 is 0 Å². The van der Waals surface area contributed by atoms with Gasteiger partial charge in [-0.3, -0.25) is 0 Å². The summed E-state index contributed by atoms with van der Waals surface area (Å²) in [6, 6.07) is 63.9. The smallest absolute Gasteiger partial charge is 0.0256 e. The lowest BCUT2D eigenvalue weighted by Gasteiger charge is -2.00. The van der Waals surface area contributed by atoms with Crippen LogP contribution in [-0.2, 0) is 0 Å². The topological polar surface area (TPSA) is 0 Å². The second kappa shape index (κ2) is 18.5. The molecule has 258 valence electrons. The highest BCUT2D eigenvalue weighted by atomic mass is 14.0. The van der Waals surface area contributed by atoms with Crippen molar-refractivity contribution in [2.24, 2.45) is 0 Å². The average molecular weight is 691 g/mol. The normalized spacial score (nSPS) is 12.0. The van der Waals surface area contributed by atoms with Crippen LogP contribution in [0.15, 0.2) is 182 Å². The largest absolute Gasteiger partial charge is 0.0622 e. The van der Waals surface area contributed by atoms with Gasteiger partial charge in [0.2, 0.25) is 0 Å². The Bertz CT molecular complexity index is 2210. The zero-order valence-corrected chi connectivity index (χ0v) is 30.2. The van der Waals surface area contributed by atoms with E-state index in [1.165, 1.54) is 66.8 Å². The first kappa shape index (κ1) is 35.4. The molecule has 0 nitrogen and oxygen atoms in total. The standard InChI is InChI=1S/C54H42/c1-3-7-43(8-4-1)11-13-45-15-19-47(20-16-45)23-25-49-27-31-51(32-28-49)35-37-53-39-41-54(42-40-53)38-36-52-33-29-50(30-34-52)26-24-48-21-17-46(18-22-48)14-12-44-9-5-2-6-10-44/h1-42H/b13-11+,14-12+,25-23+,26-24+,37-35+,38-36+. The molecule has 0 fully saturated rings. The first-order valence-corrected chi connectivity index (χ1v) is 18.4. The molecule has 54 heavy (non-hydrogen) atoms. The fourth-order valence-electron chi connectivity index (χ4n) is 5.87. The van der Waals surface area contributed by atoms with Crippen LogP contribution in [0, 0.1) is 0 Å². The fraction of sp³-hybridized carbons (Fsp3) is 0. The Hall–Kier alpha value is -7.02. The van der Waals surface area contributed by atoms with Gasteiger partial charge in [0.1, 0.15) is 0 Å². The molecular weight excluding hydrogens is 649 g/mol. The van der Waals surface area contributed by atoms with Gasteiger partial charge in [-0.25, -0.2) is 0 Å². The van der Waals surface area contributed by atoms with Crippen LogP contribution in [-0.4, -0.2) is 0 Å². The zero-order chi connectivity index (χ0) is 36.6. The van der Waals surface area contributed by atoms with Gasteiger partial charge >= 0.3 is 0 Å². The number of rotatable bonds is 12. The minimum Gasteiger partial charge on any atom is -0.0622 e. The molecule has 0 bridgehead atoms. The van der Waals surface area contributed by atoms with E-state index in [1.807, 2.05) is 12.1 Å². The van der Waals surface area contributed by atoms with Crippen LogP contribution in [0.2, 0.25) is 0 Å². The molecule has 7 rings (SSSR count). The van der Waals surface area contributed by atoms with Crippen LogP contribution in [0.4, 0.5) is 0 Å². The van der Waals surface area contributed by atoms with Gasteiger partial charge in [0, 0.05) is 0 Å². The summed E-state index contributed by atoms with van der Waals surface area (Å²) in [5, 5.41) is 0. The quantitative estimate of drug-likeness (QED) is 0.112. The van der Waals surface area contributed by atoms with Crippen molar-refractivity contribution in [2.45, 2.75) is 0 Å². The summed E-state index contributed by atoms with van der Waals surface area (Å²) in [4.78, 5) is 0. The maximum atomic E-state index is 2.16. The Labute approximate surface area is 320 Å². The first-order valence-electron chi connectivity index (χ1n) is 18.4. The SMILES string of the molecule is C(=C\c1ccc(/C=C/c2ccc(/C=C/c3ccc(/C=C/c4ccc(/C=C/c5ccc(/C=C/c6ccccc6)cc5)cc4)cc3)cc2)cc1)/c1ccccc1. The first-order chi connectivity index (χ1) is 26.7. The second-order valence-corrected chi connectivity index (χ2v) is 13.2. The highest BCUT2D eigenvalue weighted by Crippen LogP contribution is 2.18. The van der Waals surface area contributed by atoms with Gasteiger partial charge < -0.3 is 0 Å². The van der Waals surface area contributed by atoms with E-state index in [9.17, 15) is 0 Å². The third-order valence-corrected chi connectivity index (χ3v) is 9.09. The zero-order valence-electron chi connectivity index (χ0n) is 30.2. The van der Waals surface area contributed by atoms with Crippen molar-refractivity contribution in [3.8, 4) is 0 Å². The molecular formula is C54H42. The van der Waals surface area contributed by atoms with E-state index in [4.69, 9.17) is 0 Å². The molecule has 0 heterocycles. The third-order valence-electron chi connectivity index (χ3n) is 9.09. The highest BCUT2D eigenvalue weighted by molar-refractivity contribution is 5.77. The van der Waals surface area contributed by atoms with E-state index in [-0.39, 0.29) is 0 Å². The molecule has 0 saturated heterocycles. The minimum absolute atomic E-state index is 1.17. The molecule has 7 aromatic carbocycles. The Morgan fingerprint density at radius 1 is 0.130 bits per heavy atom. The lowest BCUT2D eigenvalue weighted by Crippen LogP contribution is -1.78. The van der Waals surface area contributed by atoms with Gasteiger partial charge in [-0.15, -0.1) is 0 Å². The van der Waals surface area contributed by atoms with Crippen LogP contribution < -0.4 is 0 Å². The van der Waals surface area contributed by atoms with Crippen LogP contribution >= 0.6 is 0 Å². The molecule has 0 aliphatic rings. The maximum absolute atomic E-state index is 2.16. The molecule has 7 aromatic rings. The van der Waals surface area contributed by atoms with Gasteiger partial charge in [0.05, 0.1) is 0 Å². The van der Waals surface area contributed by atoms with Gasteiger partial charge in [-0.1, -0.05) is 255 Å². The molecule has 0 unspecified atom stereocenters. The third kappa shape index (κ3) is 11.0. The fourth-order valence-corrected chi connectivity index (χ4v) is 5.87. The van der Waals surface area contributed by atoms with Crippen molar-refractivity contribution in [1.29, 1.82) is 0 Å². The molecule has 0 heteroatoms. The summed E-state index contributed by atoms with van der Waals surface area (Å²) in [7, 11) is 0. The molecule has 0 amide bonds. The van der Waals surface area contributed by atoms with E-state index >= 15 is 0 Å². The number of hydrogen-bond donors (Lipinski definition) is 0. The Balaban J connectivity index is 0.866. The molecule has 0 spiro atoms. The van der Waals surface area contributed by atoms with Gasteiger partial charge in [0.25, 0.3) is 0 Å². The van der Waals surface area contributed by atoms with Gasteiger partial charge in [-0.05, 0) is 66.8 Å². The second-order valence-electron chi connectivity index (χ2n) is 13.2. The van der Waals surface area contributed by atoms with Gasteiger partial charge in [0.15, 0.2) is 0 Å². The Kier molecular flexibility index (Phi) is 12.1. The van der Waals surface area contributed by atoms with Crippen molar-refractivity contribution in [2.75, 3.05) is 0 Å². The van der Waals surface area contributed by atoms with Crippen molar-refractivity contribution in [3.63, 3.8) is 0 Å². The van der Waals surface area contributed by atoms with E-state index in [2.05, 4.69) is 243 Å². The summed E-state index contributed by atoms with van der Waals surface area (Å²) >= 11 is 0. The van der Waals surface area contributed by atoms with Crippen molar-refractivity contribution >= 4 is 72.9 Å². The summed E-state index contributed by atoms with van der Waals surface area (Å²) in [5.41, 5.74) is 14.2. The summed E-state index contributed by atoms with van der Waals surface area (Å²) in [5.74, 6) is 0. The average Bonchev–Trinajstić information content (AvgIpc) is 3.24. The lowest BCUT2D eigenvalue weighted by atomic mass is 10.1. The predicted octanol–water partition coefficient (Wildman–Crippen LogP) is 14.7.